The first-order valence-corrected chi connectivity index (χ1v) is 5.18. The molecule has 86 valence electrons. The molecule has 1 fully saturated rings. The Kier molecular flexibility index (Phi) is 2.63. The third-order valence-corrected chi connectivity index (χ3v) is 3.16. The van der Waals surface area contributed by atoms with Gasteiger partial charge in [-0.3, -0.25) is 10.1 Å². The largest absolute Gasteiger partial charge is 0.314 e. The minimum absolute atomic E-state index is 0.0109. The molecule has 1 N–H and O–H groups in total. The molecule has 16 heavy (non-hydrogen) atoms. The third-order valence-electron chi connectivity index (χ3n) is 3.16. The fraction of sp³-hybridized carbons (Fsp3) is 0.455. The summed E-state index contributed by atoms with van der Waals surface area (Å²) in [5.74, 6) is -0.490. The highest BCUT2D eigenvalue weighted by atomic mass is 19.1. The molecule has 2 rings (SSSR count). The zero-order valence-corrected chi connectivity index (χ0v) is 9.00. The van der Waals surface area contributed by atoms with Crippen LogP contribution in [0, 0.1) is 15.9 Å². The molecule has 4 nitrogen and oxygen atoms in total. The van der Waals surface area contributed by atoms with E-state index >= 15 is 0 Å². The van der Waals surface area contributed by atoms with Crippen LogP contribution in [0.3, 0.4) is 0 Å². The topological polar surface area (TPSA) is 55.2 Å². The van der Waals surface area contributed by atoms with E-state index in [4.69, 9.17) is 0 Å². The molecule has 0 aromatic heterocycles. The number of hydrogen-bond donors (Lipinski definition) is 1. The van der Waals surface area contributed by atoms with Crippen molar-refractivity contribution in [1.29, 1.82) is 0 Å². The van der Waals surface area contributed by atoms with Crippen molar-refractivity contribution in [3.63, 3.8) is 0 Å². The van der Waals surface area contributed by atoms with Crippen molar-refractivity contribution in [2.24, 2.45) is 0 Å². The average Bonchev–Trinajstić information content (AvgIpc) is 3.01. The van der Waals surface area contributed by atoms with Gasteiger partial charge in [-0.1, -0.05) is 0 Å². The van der Waals surface area contributed by atoms with E-state index in [1.165, 1.54) is 12.1 Å². The van der Waals surface area contributed by atoms with E-state index in [-0.39, 0.29) is 11.2 Å². The molecule has 0 radical (unpaired) electrons. The number of hydrogen-bond acceptors (Lipinski definition) is 3. The molecule has 0 spiro atoms. The number of nitrogens with zero attached hydrogens (tertiary/aromatic N) is 1. The van der Waals surface area contributed by atoms with Gasteiger partial charge in [0.15, 0.2) is 0 Å². The van der Waals surface area contributed by atoms with Gasteiger partial charge >= 0.3 is 0 Å². The van der Waals surface area contributed by atoms with Gasteiger partial charge in [-0.25, -0.2) is 4.39 Å². The van der Waals surface area contributed by atoms with Crippen LogP contribution in [-0.4, -0.2) is 17.5 Å². The van der Waals surface area contributed by atoms with Gasteiger partial charge in [-0.15, -0.1) is 0 Å². The number of benzene rings is 1. The Bertz CT molecular complexity index is 430. The Balaban J connectivity index is 2.20. The molecule has 1 aromatic rings. The number of rotatable bonds is 4. The minimum Gasteiger partial charge on any atom is -0.314 e. The average molecular weight is 224 g/mol. The number of nitrogens with one attached hydrogen (secondary N) is 1. The molecule has 0 unspecified atom stereocenters. The summed E-state index contributed by atoms with van der Waals surface area (Å²) < 4.78 is 13.6. The van der Waals surface area contributed by atoms with Crippen LogP contribution in [0.2, 0.25) is 0 Å². The fourth-order valence-electron chi connectivity index (χ4n) is 1.82. The predicted molar refractivity (Wildman–Crippen MR) is 57.8 cm³/mol. The van der Waals surface area contributed by atoms with Crippen LogP contribution in [0.1, 0.15) is 18.4 Å². The van der Waals surface area contributed by atoms with E-state index in [9.17, 15) is 14.5 Å². The molecule has 1 saturated carbocycles. The zero-order chi connectivity index (χ0) is 11.8. The molecule has 0 bridgehead atoms. The zero-order valence-electron chi connectivity index (χ0n) is 9.00. The van der Waals surface area contributed by atoms with Crippen LogP contribution in [0.15, 0.2) is 18.2 Å². The van der Waals surface area contributed by atoms with Crippen molar-refractivity contribution < 1.29 is 9.31 Å². The van der Waals surface area contributed by atoms with Gasteiger partial charge in [-0.05, 0) is 37.9 Å². The highest BCUT2D eigenvalue weighted by molar-refractivity contribution is 5.35. The van der Waals surface area contributed by atoms with Crippen LogP contribution in [0.25, 0.3) is 0 Å². The molecular formula is C11H13FN2O2. The number of nitro benzene ring substituents is 1. The van der Waals surface area contributed by atoms with Crippen molar-refractivity contribution in [2.45, 2.75) is 24.8 Å². The number of nitro groups is 1. The van der Waals surface area contributed by atoms with Crippen molar-refractivity contribution >= 4 is 5.69 Å². The SMILES string of the molecule is CNC1(Cc2ccc([N+](=O)[O-])cc2F)CC1. The standard InChI is InChI=1S/C11H13FN2O2/c1-13-11(4-5-11)7-8-2-3-9(14(15)16)6-10(8)12/h2-3,6,13H,4-5,7H2,1H3. The summed E-state index contributed by atoms with van der Waals surface area (Å²) in [6.45, 7) is 0. The quantitative estimate of drug-likeness (QED) is 0.628. The van der Waals surface area contributed by atoms with Gasteiger partial charge in [0.2, 0.25) is 0 Å². The van der Waals surface area contributed by atoms with E-state index in [1.807, 2.05) is 7.05 Å². The summed E-state index contributed by atoms with van der Waals surface area (Å²) in [6, 6.07) is 3.84. The van der Waals surface area contributed by atoms with Gasteiger partial charge in [0.1, 0.15) is 5.82 Å². The minimum atomic E-state index is -0.585. The molecule has 1 aromatic carbocycles. The Labute approximate surface area is 92.6 Å². The van der Waals surface area contributed by atoms with Crippen LogP contribution >= 0.6 is 0 Å². The van der Waals surface area contributed by atoms with Gasteiger partial charge in [0, 0.05) is 11.6 Å². The van der Waals surface area contributed by atoms with Crippen molar-refractivity contribution in [1.82, 2.24) is 5.32 Å². The Morgan fingerprint density at radius 3 is 2.69 bits per heavy atom. The Morgan fingerprint density at radius 2 is 2.25 bits per heavy atom. The van der Waals surface area contributed by atoms with Crippen LogP contribution < -0.4 is 5.32 Å². The maximum Gasteiger partial charge on any atom is 0.272 e. The summed E-state index contributed by atoms with van der Waals surface area (Å²) in [4.78, 5) is 9.86. The second-order valence-electron chi connectivity index (χ2n) is 4.24. The smallest absolute Gasteiger partial charge is 0.272 e. The second-order valence-corrected chi connectivity index (χ2v) is 4.24. The normalized spacial score (nSPS) is 17.1. The first-order valence-electron chi connectivity index (χ1n) is 5.18. The molecule has 1 aliphatic rings. The molecule has 0 amide bonds. The summed E-state index contributed by atoms with van der Waals surface area (Å²) in [5.41, 5.74) is 0.352. The lowest BCUT2D eigenvalue weighted by Gasteiger charge is -2.14. The summed E-state index contributed by atoms with van der Waals surface area (Å²) in [5, 5.41) is 13.6. The summed E-state index contributed by atoms with van der Waals surface area (Å²) in [6.07, 6.45) is 2.65. The summed E-state index contributed by atoms with van der Waals surface area (Å²) in [7, 11) is 1.86. The molecule has 1 aliphatic carbocycles. The van der Waals surface area contributed by atoms with E-state index in [2.05, 4.69) is 5.32 Å². The number of likely N-dealkylation sites (N-methyl/N-ethyl adjacent to an activating group) is 1. The van der Waals surface area contributed by atoms with Crippen LogP contribution in [0.4, 0.5) is 10.1 Å². The highest BCUT2D eigenvalue weighted by Crippen LogP contribution is 2.38. The number of halogens is 1. The highest BCUT2D eigenvalue weighted by Gasteiger charge is 2.41. The monoisotopic (exact) mass is 224 g/mol. The predicted octanol–water partition coefficient (Wildman–Crippen LogP) is 2.03. The third kappa shape index (κ3) is 2.04. The Hall–Kier alpha value is -1.49. The van der Waals surface area contributed by atoms with Gasteiger partial charge in [0.05, 0.1) is 11.0 Å². The van der Waals surface area contributed by atoms with Crippen LogP contribution in [0.5, 0.6) is 0 Å². The first kappa shape index (κ1) is 11.0. The van der Waals surface area contributed by atoms with Crippen LogP contribution in [-0.2, 0) is 6.42 Å². The van der Waals surface area contributed by atoms with Gasteiger partial charge in [-0.2, -0.15) is 0 Å². The van der Waals surface area contributed by atoms with E-state index in [0.29, 0.717) is 12.0 Å². The molecule has 0 saturated heterocycles. The van der Waals surface area contributed by atoms with Gasteiger partial charge in [0.25, 0.3) is 5.69 Å². The maximum atomic E-state index is 13.6. The molecule has 0 heterocycles. The van der Waals surface area contributed by atoms with Crippen molar-refractivity contribution in [3.05, 3.63) is 39.7 Å². The van der Waals surface area contributed by atoms with Gasteiger partial charge < -0.3 is 5.32 Å². The second kappa shape index (κ2) is 3.83. The first-order chi connectivity index (χ1) is 7.56. The molecular weight excluding hydrogens is 211 g/mol. The van der Waals surface area contributed by atoms with E-state index in [1.54, 1.807) is 0 Å². The van der Waals surface area contributed by atoms with Crippen molar-refractivity contribution in [2.75, 3.05) is 7.05 Å². The van der Waals surface area contributed by atoms with Crippen molar-refractivity contribution in [3.8, 4) is 0 Å². The molecule has 0 atom stereocenters. The lowest BCUT2D eigenvalue weighted by atomic mass is 10.0. The van der Waals surface area contributed by atoms with E-state index in [0.717, 1.165) is 18.9 Å². The lowest BCUT2D eigenvalue weighted by molar-refractivity contribution is -0.385. The number of non-ortho nitro benzene ring substituents is 1. The maximum absolute atomic E-state index is 13.6. The lowest BCUT2D eigenvalue weighted by Crippen LogP contribution is -2.29. The fourth-order valence-corrected chi connectivity index (χ4v) is 1.82. The molecule has 0 aliphatic heterocycles. The Morgan fingerprint density at radius 1 is 1.56 bits per heavy atom. The van der Waals surface area contributed by atoms with E-state index < -0.39 is 10.7 Å². The summed E-state index contributed by atoms with van der Waals surface area (Å²) >= 11 is 0. The molecule has 5 heteroatoms.